The van der Waals surface area contributed by atoms with Gasteiger partial charge in [0.1, 0.15) is 5.75 Å². The van der Waals surface area contributed by atoms with E-state index in [1.165, 1.54) is 11.3 Å². The van der Waals surface area contributed by atoms with Crippen molar-refractivity contribution in [3.63, 3.8) is 0 Å². The zero-order valence-corrected chi connectivity index (χ0v) is 13.2. The minimum absolute atomic E-state index is 0.0567. The molecule has 0 saturated heterocycles. The van der Waals surface area contributed by atoms with E-state index in [2.05, 4.69) is 10.2 Å². The summed E-state index contributed by atoms with van der Waals surface area (Å²) in [6.07, 6.45) is 0. The van der Waals surface area contributed by atoms with E-state index in [0.29, 0.717) is 24.1 Å². The number of nitrogens with zero attached hydrogens (tertiary/aromatic N) is 3. The predicted octanol–water partition coefficient (Wildman–Crippen LogP) is 1.84. The second kappa shape index (κ2) is 7.43. The third-order valence-corrected chi connectivity index (χ3v) is 4.45. The van der Waals surface area contributed by atoms with Crippen molar-refractivity contribution in [3.8, 4) is 16.5 Å². The molecule has 0 aliphatic rings. The summed E-state index contributed by atoms with van der Waals surface area (Å²) in [6, 6.07) is 1.88. The predicted molar refractivity (Wildman–Crippen MR) is 80.1 cm³/mol. The number of rotatable bonds is 8. The topological polar surface area (TPSA) is 86.5 Å². The number of hydrogen-bond donors (Lipinski definition) is 1. The fourth-order valence-corrected chi connectivity index (χ4v) is 3.16. The molecule has 2 aromatic rings. The van der Waals surface area contributed by atoms with Gasteiger partial charge >= 0.3 is 5.97 Å². The summed E-state index contributed by atoms with van der Waals surface area (Å²) in [5, 5.41) is 19.5. The molecule has 0 amide bonds. The van der Waals surface area contributed by atoms with Gasteiger partial charge in [0.15, 0.2) is 11.0 Å². The standard InChI is InChI=1S/C12H15N3O4S2/c1-18-4-3-15-11(9-5-8(19-2)6-20-9)13-14-12(15)21-7-10(16)17/h5-6H,3-4,7H2,1-2H3,(H,16,17). The van der Waals surface area contributed by atoms with Gasteiger partial charge in [0.2, 0.25) is 0 Å². The van der Waals surface area contributed by atoms with Gasteiger partial charge in [-0.3, -0.25) is 9.36 Å². The Bertz CT molecular complexity index is 611. The van der Waals surface area contributed by atoms with Gasteiger partial charge in [0, 0.05) is 18.6 Å². The van der Waals surface area contributed by atoms with Gasteiger partial charge in [0.25, 0.3) is 0 Å². The highest BCUT2D eigenvalue weighted by Gasteiger charge is 2.17. The maximum atomic E-state index is 10.7. The number of thiophene rings is 1. The quantitative estimate of drug-likeness (QED) is 0.739. The Morgan fingerprint density at radius 2 is 2.29 bits per heavy atom. The third-order valence-electron chi connectivity index (χ3n) is 2.59. The molecule has 21 heavy (non-hydrogen) atoms. The first kappa shape index (κ1) is 15.8. The zero-order valence-electron chi connectivity index (χ0n) is 11.6. The van der Waals surface area contributed by atoms with E-state index in [9.17, 15) is 4.79 Å². The van der Waals surface area contributed by atoms with E-state index in [4.69, 9.17) is 14.6 Å². The molecule has 0 radical (unpaired) electrons. The lowest BCUT2D eigenvalue weighted by molar-refractivity contribution is -0.133. The molecule has 1 N–H and O–H groups in total. The van der Waals surface area contributed by atoms with Crippen molar-refractivity contribution in [1.29, 1.82) is 0 Å². The molecule has 0 aliphatic heterocycles. The maximum Gasteiger partial charge on any atom is 0.313 e. The molecule has 0 fully saturated rings. The van der Waals surface area contributed by atoms with Gasteiger partial charge in [-0.05, 0) is 0 Å². The number of aromatic nitrogens is 3. The van der Waals surface area contributed by atoms with Crippen LogP contribution in [0.15, 0.2) is 16.6 Å². The van der Waals surface area contributed by atoms with Crippen LogP contribution >= 0.6 is 23.1 Å². The van der Waals surface area contributed by atoms with Gasteiger partial charge in [-0.1, -0.05) is 11.8 Å². The van der Waals surface area contributed by atoms with Crippen molar-refractivity contribution in [1.82, 2.24) is 14.8 Å². The SMILES string of the molecule is COCCn1c(SCC(=O)O)nnc1-c1cc(OC)cs1. The number of hydrogen-bond acceptors (Lipinski definition) is 7. The van der Waals surface area contributed by atoms with E-state index in [1.54, 1.807) is 14.2 Å². The molecule has 9 heteroatoms. The summed E-state index contributed by atoms with van der Waals surface area (Å²) in [5.74, 6) is 0.503. The molecular formula is C12H15N3O4S2. The summed E-state index contributed by atoms with van der Waals surface area (Å²) < 4.78 is 12.1. The number of carboxylic acids is 1. The monoisotopic (exact) mass is 329 g/mol. The Kier molecular flexibility index (Phi) is 5.59. The lowest BCUT2D eigenvalue weighted by Crippen LogP contribution is -2.08. The van der Waals surface area contributed by atoms with Gasteiger partial charge in [-0.15, -0.1) is 21.5 Å². The highest BCUT2D eigenvalue weighted by molar-refractivity contribution is 7.99. The fraction of sp³-hybridized carbons (Fsp3) is 0.417. The van der Waals surface area contributed by atoms with E-state index >= 15 is 0 Å². The zero-order chi connectivity index (χ0) is 15.2. The van der Waals surface area contributed by atoms with Gasteiger partial charge < -0.3 is 14.6 Å². The first-order valence-electron chi connectivity index (χ1n) is 6.05. The van der Waals surface area contributed by atoms with Crippen molar-refractivity contribution in [2.24, 2.45) is 0 Å². The molecule has 2 aromatic heterocycles. The van der Waals surface area contributed by atoms with Crippen LogP contribution in [0.3, 0.4) is 0 Å². The van der Waals surface area contributed by atoms with Crippen molar-refractivity contribution < 1.29 is 19.4 Å². The van der Waals surface area contributed by atoms with Gasteiger partial charge in [-0.25, -0.2) is 0 Å². The molecule has 114 valence electrons. The average Bonchev–Trinajstić information content (AvgIpc) is 3.08. The number of carboxylic acid groups (broad SMARTS) is 1. The van der Waals surface area contributed by atoms with Gasteiger partial charge in [0.05, 0.1) is 30.9 Å². The molecule has 0 saturated carbocycles. The third kappa shape index (κ3) is 3.96. The van der Waals surface area contributed by atoms with Crippen molar-refractivity contribution >= 4 is 29.1 Å². The van der Waals surface area contributed by atoms with Crippen molar-refractivity contribution in [2.45, 2.75) is 11.7 Å². The molecule has 0 bridgehead atoms. The van der Waals surface area contributed by atoms with E-state index in [-0.39, 0.29) is 5.75 Å². The molecule has 7 nitrogen and oxygen atoms in total. The minimum atomic E-state index is -0.888. The number of ether oxygens (including phenoxy) is 2. The van der Waals surface area contributed by atoms with E-state index in [1.807, 2.05) is 16.0 Å². The molecule has 0 aliphatic carbocycles. The van der Waals surface area contributed by atoms with Crippen molar-refractivity contribution in [3.05, 3.63) is 11.4 Å². The maximum absolute atomic E-state index is 10.7. The van der Waals surface area contributed by atoms with Crippen LogP contribution in [0.5, 0.6) is 5.75 Å². The van der Waals surface area contributed by atoms with Crippen LogP contribution in [0, 0.1) is 0 Å². The van der Waals surface area contributed by atoms with Crippen LogP contribution < -0.4 is 4.74 Å². The Balaban J connectivity index is 2.28. The summed E-state index contributed by atoms with van der Waals surface area (Å²) in [5.41, 5.74) is 0. The molecule has 0 atom stereocenters. The number of aliphatic carboxylic acids is 1. The second-order valence-corrected chi connectivity index (χ2v) is 5.84. The Hall–Kier alpha value is -1.58. The van der Waals surface area contributed by atoms with Gasteiger partial charge in [-0.2, -0.15) is 0 Å². The Morgan fingerprint density at radius 1 is 1.48 bits per heavy atom. The smallest absolute Gasteiger partial charge is 0.313 e. The Morgan fingerprint density at radius 3 is 2.90 bits per heavy atom. The fourth-order valence-electron chi connectivity index (χ4n) is 1.63. The van der Waals surface area contributed by atoms with Crippen LogP contribution in [0.2, 0.25) is 0 Å². The van der Waals surface area contributed by atoms with E-state index in [0.717, 1.165) is 22.4 Å². The molecule has 2 rings (SSSR count). The molecule has 0 aromatic carbocycles. The number of methoxy groups -OCH3 is 2. The molecule has 2 heterocycles. The highest BCUT2D eigenvalue weighted by Crippen LogP contribution is 2.31. The lowest BCUT2D eigenvalue weighted by Gasteiger charge is -2.07. The summed E-state index contributed by atoms with van der Waals surface area (Å²) in [6.45, 7) is 1.05. The summed E-state index contributed by atoms with van der Waals surface area (Å²) in [4.78, 5) is 11.6. The lowest BCUT2D eigenvalue weighted by atomic mass is 10.4. The van der Waals surface area contributed by atoms with Crippen LogP contribution in [0.25, 0.3) is 10.7 Å². The second-order valence-electron chi connectivity index (χ2n) is 3.98. The molecule has 0 spiro atoms. The van der Waals surface area contributed by atoms with Crippen LogP contribution in [-0.2, 0) is 16.1 Å². The van der Waals surface area contributed by atoms with Crippen LogP contribution in [-0.4, -0.2) is 52.4 Å². The minimum Gasteiger partial charge on any atom is -0.496 e. The number of thioether (sulfide) groups is 1. The number of carbonyl (C=O) groups is 1. The molecular weight excluding hydrogens is 314 g/mol. The van der Waals surface area contributed by atoms with Crippen LogP contribution in [0.1, 0.15) is 0 Å². The molecule has 0 unspecified atom stereocenters. The summed E-state index contributed by atoms with van der Waals surface area (Å²) >= 11 is 2.64. The largest absolute Gasteiger partial charge is 0.496 e. The summed E-state index contributed by atoms with van der Waals surface area (Å²) in [7, 11) is 3.22. The normalized spacial score (nSPS) is 10.8. The highest BCUT2D eigenvalue weighted by atomic mass is 32.2. The first-order valence-corrected chi connectivity index (χ1v) is 7.92. The van der Waals surface area contributed by atoms with Crippen molar-refractivity contribution in [2.75, 3.05) is 26.6 Å². The average molecular weight is 329 g/mol. The first-order chi connectivity index (χ1) is 10.2. The Labute approximate surface area is 129 Å². The van der Waals surface area contributed by atoms with Crippen LogP contribution in [0.4, 0.5) is 0 Å². The van der Waals surface area contributed by atoms with E-state index < -0.39 is 5.97 Å².